The monoisotopic (exact) mass is 221 g/mol. The number of piperidine rings is 1. The molecule has 1 spiro atoms. The summed E-state index contributed by atoms with van der Waals surface area (Å²) in [6, 6.07) is 0. The Morgan fingerprint density at radius 1 is 1.06 bits per heavy atom. The Kier molecular flexibility index (Phi) is 2.78. The van der Waals surface area contributed by atoms with E-state index < -0.39 is 0 Å². The van der Waals surface area contributed by atoms with Gasteiger partial charge >= 0.3 is 0 Å². The predicted octanol–water partition coefficient (Wildman–Crippen LogP) is 3.59. The molecular weight excluding hydrogens is 194 g/mol. The maximum absolute atomic E-state index is 3.97. The van der Waals surface area contributed by atoms with Crippen molar-refractivity contribution in [2.75, 3.05) is 6.54 Å². The van der Waals surface area contributed by atoms with E-state index in [9.17, 15) is 0 Å². The van der Waals surface area contributed by atoms with Crippen LogP contribution in [0.3, 0.4) is 0 Å². The lowest BCUT2D eigenvalue weighted by Gasteiger charge is -2.57. The molecule has 16 heavy (non-hydrogen) atoms. The minimum Gasteiger partial charge on any atom is -0.311 e. The Hall–Kier alpha value is -0.0400. The molecule has 3 fully saturated rings. The molecule has 0 aromatic carbocycles. The molecule has 5 atom stereocenters. The molecule has 0 aromatic rings. The molecule has 1 N–H and O–H groups in total. The number of nitrogens with one attached hydrogen (secondary N) is 1. The average Bonchev–Trinajstić information content (AvgIpc) is 2.27. The van der Waals surface area contributed by atoms with Crippen molar-refractivity contribution >= 4 is 0 Å². The van der Waals surface area contributed by atoms with E-state index in [0.717, 1.165) is 23.7 Å². The van der Waals surface area contributed by atoms with Gasteiger partial charge in [-0.1, -0.05) is 26.7 Å². The molecule has 2 saturated carbocycles. The molecule has 92 valence electrons. The zero-order chi connectivity index (χ0) is 11.2. The van der Waals surface area contributed by atoms with Crippen molar-refractivity contribution in [1.82, 2.24) is 5.32 Å². The van der Waals surface area contributed by atoms with Crippen molar-refractivity contribution in [1.29, 1.82) is 0 Å². The smallest absolute Gasteiger partial charge is 0.0237 e. The second-order valence-electron chi connectivity index (χ2n) is 6.93. The third kappa shape index (κ3) is 1.63. The van der Waals surface area contributed by atoms with Crippen LogP contribution in [0.2, 0.25) is 0 Å². The van der Waals surface area contributed by atoms with E-state index in [1.54, 1.807) is 0 Å². The summed E-state index contributed by atoms with van der Waals surface area (Å²) >= 11 is 0. The second kappa shape index (κ2) is 4.01. The molecule has 1 heterocycles. The standard InChI is InChI=1S/C15H27N/c1-11-6-7-16-15(10-11)12(2)8-13-4-3-5-14(15)9-13/h11-14,16H,3-10H2,1-2H3. The minimum atomic E-state index is 0.536. The molecular formula is C15H27N. The number of fused-ring (bicyclic) bond motifs is 3. The van der Waals surface area contributed by atoms with Gasteiger partial charge in [-0.2, -0.15) is 0 Å². The largest absolute Gasteiger partial charge is 0.311 e. The first-order valence-electron chi connectivity index (χ1n) is 7.46. The highest BCUT2D eigenvalue weighted by molar-refractivity contribution is 5.06. The minimum absolute atomic E-state index is 0.536. The van der Waals surface area contributed by atoms with Crippen LogP contribution in [0.15, 0.2) is 0 Å². The van der Waals surface area contributed by atoms with Crippen LogP contribution in [0, 0.1) is 23.7 Å². The Morgan fingerprint density at radius 2 is 1.94 bits per heavy atom. The van der Waals surface area contributed by atoms with E-state index in [2.05, 4.69) is 19.2 Å². The lowest BCUT2D eigenvalue weighted by molar-refractivity contribution is -0.0138. The fourth-order valence-electron chi connectivity index (χ4n) is 5.07. The van der Waals surface area contributed by atoms with Crippen LogP contribution in [-0.4, -0.2) is 12.1 Å². The summed E-state index contributed by atoms with van der Waals surface area (Å²) in [5, 5.41) is 3.97. The summed E-state index contributed by atoms with van der Waals surface area (Å²) in [6.45, 7) is 6.26. The molecule has 2 aliphatic carbocycles. The van der Waals surface area contributed by atoms with Gasteiger partial charge in [0.15, 0.2) is 0 Å². The van der Waals surface area contributed by atoms with E-state index in [1.807, 2.05) is 0 Å². The van der Waals surface area contributed by atoms with Crippen molar-refractivity contribution in [3.8, 4) is 0 Å². The van der Waals surface area contributed by atoms with Crippen LogP contribution in [0.5, 0.6) is 0 Å². The molecule has 0 radical (unpaired) electrons. The number of hydrogen-bond donors (Lipinski definition) is 1. The second-order valence-corrected chi connectivity index (χ2v) is 6.93. The van der Waals surface area contributed by atoms with Crippen LogP contribution in [0.25, 0.3) is 0 Å². The molecule has 1 aliphatic heterocycles. The van der Waals surface area contributed by atoms with Crippen LogP contribution < -0.4 is 5.32 Å². The van der Waals surface area contributed by atoms with Crippen molar-refractivity contribution in [2.45, 2.75) is 64.3 Å². The van der Waals surface area contributed by atoms with Crippen molar-refractivity contribution < 1.29 is 0 Å². The van der Waals surface area contributed by atoms with E-state index in [1.165, 1.54) is 51.5 Å². The molecule has 0 amide bonds. The van der Waals surface area contributed by atoms with Crippen LogP contribution >= 0.6 is 0 Å². The van der Waals surface area contributed by atoms with Gasteiger partial charge in [0, 0.05) is 5.54 Å². The van der Waals surface area contributed by atoms with Crippen LogP contribution in [-0.2, 0) is 0 Å². The Labute approximate surface area is 100 Å². The quantitative estimate of drug-likeness (QED) is 0.659. The molecule has 2 bridgehead atoms. The Balaban J connectivity index is 1.85. The Bertz CT molecular complexity index is 260. The van der Waals surface area contributed by atoms with Gasteiger partial charge in [-0.15, -0.1) is 0 Å². The molecule has 0 aromatic heterocycles. The van der Waals surface area contributed by atoms with Gasteiger partial charge in [-0.3, -0.25) is 0 Å². The summed E-state index contributed by atoms with van der Waals surface area (Å²) in [5.41, 5.74) is 0.536. The number of hydrogen-bond acceptors (Lipinski definition) is 1. The zero-order valence-corrected chi connectivity index (χ0v) is 11.0. The lowest BCUT2D eigenvalue weighted by atomic mass is 9.55. The topological polar surface area (TPSA) is 12.0 Å². The molecule has 3 rings (SSSR count). The van der Waals surface area contributed by atoms with Gasteiger partial charge in [0.05, 0.1) is 0 Å². The summed E-state index contributed by atoms with van der Waals surface area (Å²) in [4.78, 5) is 0. The molecule has 1 nitrogen and oxygen atoms in total. The average molecular weight is 221 g/mol. The van der Waals surface area contributed by atoms with Gasteiger partial charge < -0.3 is 5.32 Å². The maximum Gasteiger partial charge on any atom is 0.0237 e. The molecule has 1 saturated heterocycles. The van der Waals surface area contributed by atoms with Gasteiger partial charge in [0.25, 0.3) is 0 Å². The highest BCUT2D eigenvalue weighted by atomic mass is 15.0. The normalized spacial score (nSPS) is 52.9. The van der Waals surface area contributed by atoms with Crippen molar-refractivity contribution in [3.63, 3.8) is 0 Å². The van der Waals surface area contributed by atoms with E-state index in [4.69, 9.17) is 0 Å². The summed E-state index contributed by atoms with van der Waals surface area (Å²) in [5.74, 6) is 3.93. The predicted molar refractivity (Wildman–Crippen MR) is 68.4 cm³/mol. The maximum atomic E-state index is 3.97. The van der Waals surface area contributed by atoms with Gasteiger partial charge in [0.1, 0.15) is 0 Å². The molecule has 5 unspecified atom stereocenters. The zero-order valence-electron chi connectivity index (χ0n) is 11.0. The highest BCUT2D eigenvalue weighted by Crippen LogP contribution is 2.51. The van der Waals surface area contributed by atoms with E-state index >= 15 is 0 Å². The SMILES string of the molecule is CC1CCNC2(C1)C(C)CC1CCCC2C1. The van der Waals surface area contributed by atoms with E-state index in [-0.39, 0.29) is 0 Å². The Morgan fingerprint density at radius 3 is 2.75 bits per heavy atom. The van der Waals surface area contributed by atoms with Gasteiger partial charge in [-0.25, -0.2) is 0 Å². The van der Waals surface area contributed by atoms with Crippen LogP contribution in [0.1, 0.15) is 58.8 Å². The highest BCUT2D eigenvalue weighted by Gasteiger charge is 2.50. The first-order chi connectivity index (χ1) is 7.71. The first-order valence-corrected chi connectivity index (χ1v) is 7.46. The molecule has 3 aliphatic rings. The third-order valence-electron chi connectivity index (χ3n) is 5.86. The van der Waals surface area contributed by atoms with E-state index in [0.29, 0.717) is 5.54 Å². The fraction of sp³-hybridized carbons (Fsp3) is 1.00. The summed E-state index contributed by atoms with van der Waals surface area (Å²) in [7, 11) is 0. The molecule has 1 heteroatoms. The third-order valence-corrected chi connectivity index (χ3v) is 5.86. The summed E-state index contributed by atoms with van der Waals surface area (Å²) < 4.78 is 0. The lowest BCUT2D eigenvalue weighted by Crippen LogP contribution is -2.63. The first kappa shape index (κ1) is 11.1. The van der Waals surface area contributed by atoms with Gasteiger partial charge in [0.2, 0.25) is 0 Å². The van der Waals surface area contributed by atoms with Crippen molar-refractivity contribution in [3.05, 3.63) is 0 Å². The summed E-state index contributed by atoms with van der Waals surface area (Å²) in [6.07, 6.45) is 10.4. The number of rotatable bonds is 0. The van der Waals surface area contributed by atoms with Crippen molar-refractivity contribution in [2.24, 2.45) is 23.7 Å². The van der Waals surface area contributed by atoms with Gasteiger partial charge in [-0.05, 0) is 62.3 Å². The van der Waals surface area contributed by atoms with Crippen LogP contribution in [0.4, 0.5) is 0 Å². The fourth-order valence-corrected chi connectivity index (χ4v) is 5.07.